The number of hydrogen-bond acceptors (Lipinski definition) is 8. The Kier molecular flexibility index (Phi) is 8.41. The average molecular weight is 694 g/mol. The fourth-order valence-electron chi connectivity index (χ4n) is 12.3. The number of carbonyl (C=O) groups is 4. The molecule has 268 valence electrons. The van der Waals surface area contributed by atoms with Crippen molar-refractivity contribution >= 4 is 40.5 Å². The summed E-state index contributed by atoms with van der Waals surface area (Å²) in [6.07, 6.45) is 13.8. The van der Waals surface area contributed by atoms with E-state index < -0.39 is 17.1 Å². The van der Waals surface area contributed by atoms with Crippen LogP contribution < -0.4 is 5.32 Å². The zero-order valence-corrected chi connectivity index (χ0v) is 31.4. The second-order valence-electron chi connectivity index (χ2n) is 18.3. The zero-order chi connectivity index (χ0) is 35.2. The molecule has 6 fully saturated rings. The van der Waals surface area contributed by atoms with Crippen LogP contribution in [-0.2, 0) is 24.0 Å². The molecular weight excluding hydrogens is 639 g/mol. The molecule has 0 aromatic carbocycles. The summed E-state index contributed by atoms with van der Waals surface area (Å²) in [5, 5.41) is 6.07. The van der Waals surface area contributed by atoms with Crippen LogP contribution in [0.3, 0.4) is 0 Å². The van der Waals surface area contributed by atoms with Gasteiger partial charge in [0.05, 0.1) is 29.2 Å². The van der Waals surface area contributed by atoms with E-state index in [2.05, 4.69) is 69.9 Å². The van der Waals surface area contributed by atoms with Gasteiger partial charge in [0, 0.05) is 24.6 Å². The summed E-state index contributed by atoms with van der Waals surface area (Å²) in [5.74, 6) is 0.204. The summed E-state index contributed by atoms with van der Waals surface area (Å²) in [5.41, 5.74) is 2.33. The van der Waals surface area contributed by atoms with Crippen LogP contribution in [-0.4, -0.2) is 59.9 Å². The van der Waals surface area contributed by atoms with Gasteiger partial charge in [0.15, 0.2) is 0 Å². The van der Waals surface area contributed by atoms with Gasteiger partial charge < -0.3 is 14.5 Å². The lowest BCUT2D eigenvalue weighted by Crippen LogP contribution is -2.65. The Balaban J connectivity index is 1.17. The van der Waals surface area contributed by atoms with Crippen molar-refractivity contribution in [1.29, 1.82) is 0 Å². The quantitative estimate of drug-likeness (QED) is 0.142. The van der Waals surface area contributed by atoms with E-state index in [9.17, 15) is 19.2 Å². The molecule has 49 heavy (non-hydrogen) atoms. The molecule has 0 bridgehead atoms. The highest BCUT2D eigenvalue weighted by Crippen LogP contribution is 2.75. The highest BCUT2D eigenvalue weighted by molar-refractivity contribution is 8.18. The van der Waals surface area contributed by atoms with E-state index in [1.54, 1.807) is 5.57 Å². The lowest BCUT2D eigenvalue weighted by Gasteiger charge is -2.71. The Bertz CT molecular complexity index is 1560. The maximum absolute atomic E-state index is 14.6. The molecule has 10 heteroatoms. The number of thioether (sulfide) groups is 1. The number of hydrogen-bond donors (Lipinski definition) is 1. The number of nitrogens with zero attached hydrogens (tertiary/aromatic N) is 2. The average Bonchev–Trinajstić information content (AvgIpc) is 3.36. The Morgan fingerprint density at radius 2 is 1.69 bits per heavy atom. The smallest absolute Gasteiger partial charge is 0.359 e. The van der Waals surface area contributed by atoms with Gasteiger partial charge in [0.1, 0.15) is 0 Å². The Morgan fingerprint density at radius 1 is 0.980 bits per heavy atom. The number of morpholine rings is 1. The van der Waals surface area contributed by atoms with Crippen LogP contribution >= 0.6 is 11.8 Å². The van der Waals surface area contributed by atoms with Gasteiger partial charge in [-0.2, -0.15) is 0 Å². The third-order valence-corrected chi connectivity index (χ3v) is 16.1. The molecule has 0 radical (unpaired) electrons. The van der Waals surface area contributed by atoms with Crippen molar-refractivity contribution in [2.45, 2.75) is 113 Å². The number of nitrogens with one attached hydrogen (secondary N) is 1. The maximum Gasteiger partial charge on any atom is 0.359 e. The van der Waals surface area contributed by atoms with Crippen molar-refractivity contribution in [2.24, 2.45) is 55.4 Å². The van der Waals surface area contributed by atoms with Gasteiger partial charge in [-0.3, -0.25) is 19.7 Å². The van der Waals surface area contributed by atoms with E-state index in [1.165, 1.54) is 0 Å². The van der Waals surface area contributed by atoms with Crippen LogP contribution in [0.5, 0.6) is 0 Å². The minimum atomic E-state index is -0.746. The van der Waals surface area contributed by atoms with E-state index in [0.29, 0.717) is 55.8 Å². The molecule has 1 N–H and O–H groups in total. The number of carbonyl (C=O) groups excluding carboxylic acids is 4. The van der Waals surface area contributed by atoms with Crippen molar-refractivity contribution in [3.05, 3.63) is 22.6 Å². The highest BCUT2D eigenvalue weighted by Gasteiger charge is 2.69. The van der Waals surface area contributed by atoms with Gasteiger partial charge in [-0.15, -0.1) is 0 Å². The summed E-state index contributed by atoms with van der Waals surface area (Å²) in [6, 6.07) is 0. The second kappa shape index (κ2) is 11.8. The first-order valence-electron chi connectivity index (χ1n) is 18.6. The largest absolute Gasteiger partial charge is 0.378 e. The molecule has 4 saturated carbocycles. The molecule has 0 aromatic rings. The Morgan fingerprint density at radius 3 is 2.39 bits per heavy atom. The third kappa shape index (κ3) is 5.31. The topological polar surface area (TPSA) is 114 Å². The summed E-state index contributed by atoms with van der Waals surface area (Å²) < 4.78 is 5.65. The Hall–Kier alpha value is -2.46. The molecule has 2 aliphatic heterocycles. The van der Waals surface area contributed by atoms with E-state index in [-0.39, 0.29) is 43.3 Å². The second-order valence-corrected chi connectivity index (χ2v) is 19.3. The van der Waals surface area contributed by atoms with Crippen LogP contribution in [0.25, 0.3) is 0 Å². The molecule has 3 amide bonds. The van der Waals surface area contributed by atoms with Crippen molar-refractivity contribution in [3.8, 4) is 0 Å². The molecule has 7 aliphatic rings. The summed E-state index contributed by atoms with van der Waals surface area (Å²) >= 11 is 0.693. The highest BCUT2D eigenvalue weighted by atomic mass is 32.2. The SMILES string of the molecule is CC1(C)CC[C@]2(C(=O)N3CCOCC3)CC[C@]3(C)C(=CC[C@H]4[C@@]5(C)CC/C(=N/OC(=O)/C=C6\SC(=O)NC6=O)C(C)(C)[C@@H]5CC[C@]43C)[C@@H]2C1. The number of amides is 3. The van der Waals surface area contributed by atoms with Crippen molar-refractivity contribution < 1.29 is 28.8 Å². The minimum absolute atomic E-state index is 0.0256. The van der Waals surface area contributed by atoms with Crippen LogP contribution in [0.4, 0.5) is 4.79 Å². The monoisotopic (exact) mass is 693 g/mol. The number of oxime groups is 1. The molecule has 2 heterocycles. The molecule has 0 unspecified atom stereocenters. The molecule has 2 saturated heterocycles. The number of rotatable bonds is 3. The fraction of sp³-hybridized carbons (Fsp3) is 0.769. The number of fused-ring (bicyclic) bond motifs is 7. The number of allylic oxidation sites excluding steroid dienone is 2. The fourth-order valence-corrected chi connectivity index (χ4v) is 13.0. The lowest BCUT2D eigenvalue weighted by atomic mass is 9.33. The summed E-state index contributed by atoms with van der Waals surface area (Å²) in [4.78, 5) is 58.1. The van der Waals surface area contributed by atoms with Crippen LogP contribution in [0, 0.1) is 50.2 Å². The molecule has 5 aliphatic carbocycles. The van der Waals surface area contributed by atoms with Gasteiger partial charge in [0.2, 0.25) is 5.91 Å². The first-order valence-corrected chi connectivity index (χ1v) is 19.4. The van der Waals surface area contributed by atoms with Gasteiger partial charge in [-0.1, -0.05) is 65.3 Å². The molecule has 0 spiro atoms. The van der Waals surface area contributed by atoms with Crippen LogP contribution in [0.1, 0.15) is 113 Å². The molecular formula is C39H55N3O6S. The van der Waals surface area contributed by atoms with E-state index in [4.69, 9.17) is 9.57 Å². The standard InChI is InChI=1S/C39H55N3O6S/c1-34(2)14-16-39(32(45)42-18-20-47-21-19-42)17-15-37(6)24(25(39)23-34)8-9-28-36(5)12-11-29(35(3,4)27(36)10-13-38(28,37)7)41-48-30(43)22-26-31(44)40-33(46)49-26/h8,22,25,27-28H,9-21,23H2,1-7H3,(H,40,44,46)/b26-22-,41-29-/t25-,27-,28-,36-,37+,38+,39-/m0/s1. The Labute approximate surface area is 295 Å². The van der Waals surface area contributed by atoms with E-state index in [1.807, 2.05) is 0 Å². The zero-order valence-electron chi connectivity index (χ0n) is 30.5. The van der Waals surface area contributed by atoms with Crippen LogP contribution in [0.2, 0.25) is 0 Å². The molecule has 7 rings (SSSR count). The van der Waals surface area contributed by atoms with Crippen molar-refractivity contribution in [3.63, 3.8) is 0 Å². The van der Waals surface area contributed by atoms with Crippen molar-refractivity contribution in [1.82, 2.24) is 10.2 Å². The third-order valence-electron chi connectivity index (χ3n) is 15.3. The maximum atomic E-state index is 14.6. The normalized spacial score (nSPS) is 42.7. The van der Waals surface area contributed by atoms with Gasteiger partial charge in [-0.25, -0.2) is 4.79 Å². The molecule has 0 aromatic heterocycles. The van der Waals surface area contributed by atoms with E-state index >= 15 is 0 Å². The number of imide groups is 1. The van der Waals surface area contributed by atoms with Gasteiger partial charge in [-0.05, 0) is 115 Å². The molecule has 9 nitrogen and oxygen atoms in total. The molecule has 7 atom stereocenters. The predicted molar refractivity (Wildman–Crippen MR) is 189 cm³/mol. The lowest BCUT2D eigenvalue weighted by molar-refractivity contribution is -0.177. The first kappa shape index (κ1) is 35.0. The summed E-state index contributed by atoms with van der Waals surface area (Å²) in [7, 11) is 0. The first-order chi connectivity index (χ1) is 23.0. The van der Waals surface area contributed by atoms with E-state index in [0.717, 1.165) is 76.0 Å². The summed E-state index contributed by atoms with van der Waals surface area (Å²) in [6.45, 7) is 19.7. The van der Waals surface area contributed by atoms with Crippen LogP contribution in [0.15, 0.2) is 27.8 Å². The predicted octanol–water partition coefficient (Wildman–Crippen LogP) is 7.41. The number of ether oxygens (including phenoxy) is 1. The van der Waals surface area contributed by atoms with Crippen molar-refractivity contribution in [2.75, 3.05) is 26.3 Å². The van der Waals surface area contributed by atoms with Gasteiger partial charge >= 0.3 is 5.97 Å². The minimum Gasteiger partial charge on any atom is -0.378 e. The van der Waals surface area contributed by atoms with Gasteiger partial charge in [0.25, 0.3) is 11.1 Å².